The number of aromatic nitrogens is 2. The molecule has 1 unspecified atom stereocenters. The van der Waals surface area contributed by atoms with Crippen LogP contribution in [-0.4, -0.2) is 37.2 Å². The van der Waals surface area contributed by atoms with Crippen LogP contribution in [0.25, 0.3) is 11.1 Å². The van der Waals surface area contributed by atoms with Gasteiger partial charge in [0.05, 0.1) is 43.4 Å². The molecule has 8 nitrogen and oxygen atoms in total. The van der Waals surface area contributed by atoms with E-state index < -0.39 is 0 Å². The molecule has 0 saturated heterocycles. The molecular formula is C20H19N3O5S. The standard InChI is InChI=1S/C20H19N3O5S/c1-25-14-5-4-11(17(26-2)18(14)27-3)19(24)23-16-7-6-15(29-16)20-22-12-10-21-9-8-13(12)28-20/h4-5,7-10,15H,6H2,1-3H3,(H,23,24). The Morgan fingerprint density at radius 3 is 2.72 bits per heavy atom. The Labute approximate surface area is 171 Å². The van der Waals surface area contributed by atoms with E-state index in [1.807, 2.05) is 6.08 Å². The van der Waals surface area contributed by atoms with Gasteiger partial charge in [-0.15, -0.1) is 0 Å². The van der Waals surface area contributed by atoms with Crippen molar-refractivity contribution in [3.05, 3.63) is 53.2 Å². The highest BCUT2D eigenvalue weighted by Gasteiger charge is 2.27. The number of pyridine rings is 1. The Bertz CT molecular complexity index is 1060. The van der Waals surface area contributed by atoms with Crippen LogP contribution in [0.5, 0.6) is 17.2 Å². The third-order valence-electron chi connectivity index (χ3n) is 4.45. The van der Waals surface area contributed by atoms with Gasteiger partial charge in [-0.2, -0.15) is 0 Å². The lowest BCUT2D eigenvalue weighted by Gasteiger charge is -2.15. The Hall–Kier alpha value is -3.20. The maximum atomic E-state index is 12.8. The second kappa shape index (κ2) is 8.04. The fourth-order valence-corrected chi connectivity index (χ4v) is 4.13. The summed E-state index contributed by atoms with van der Waals surface area (Å²) in [5.41, 5.74) is 1.77. The minimum absolute atomic E-state index is 0.00926. The van der Waals surface area contributed by atoms with E-state index in [1.165, 1.54) is 33.1 Å². The molecule has 1 aliphatic heterocycles. The summed E-state index contributed by atoms with van der Waals surface area (Å²) in [5, 5.41) is 3.64. The maximum absolute atomic E-state index is 12.8. The van der Waals surface area contributed by atoms with Crippen LogP contribution in [0.2, 0.25) is 0 Å². The molecule has 1 amide bonds. The van der Waals surface area contributed by atoms with E-state index in [0.717, 1.165) is 10.5 Å². The van der Waals surface area contributed by atoms with Crippen molar-refractivity contribution < 1.29 is 23.4 Å². The predicted molar refractivity (Wildman–Crippen MR) is 108 cm³/mol. The molecule has 1 aliphatic rings. The van der Waals surface area contributed by atoms with Crippen LogP contribution in [0, 0.1) is 0 Å². The molecule has 3 heterocycles. The molecule has 1 aromatic carbocycles. The van der Waals surface area contributed by atoms with Crippen molar-refractivity contribution in [2.45, 2.75) is 11.7 Å². The number of hydrogen-bond acceptors (Lipinski definition) is 8. The quantitative estimate of drug-likeness (QED) is 0.654. The van der Waals surface area contributed by atoms with Gasteiger partial charge in [-0.1, -0.05) is 17.8 Å². The number of hydrogen-bond donors (Lipinski definition) is 1. The van der Waals surface area contributed by atoms with Crippen molar-refractivity contribution >= 4 is 28.8 Å². The van der Waals surface area contributed by atoms with Gasteiger partial charge >= 0.3 is 0 Å². The first-order valence-electron chi connectivity index (χ1n) is 8.82. The summed E-state index contributed by atoms with van der Waals surface area (Å²) in [4.78, 5) is 21.4. The monoisotopic (exact) mass is 413 g/mol. The van der Waals surface area contributed by atoms with Crippen LogP contribution in [0.3, 0.4) is 0 Å². The minimum Gasteiger partial charge on any atom is -0.493 e. The average molecular weight is 413 g/mol. The third kappa shape index (κ3) is 3.61. The maximum Gasteiger partial charge on any atom is 0.259 e. The third-order valence-corrected chi connectivity index (χ3v) is 5.66. The summed E-state index contributed by atoms with van der Waals surface area (Å²) in [7, 11) is 4.51. The Balaban J connectivity index is 1.49. The Morgan fingerprint density at radius 2 is 2.00 bits per heavy atom. The van der Waals surface area contributed by atoms with E-state index in [-0.39, 0.29) is 11.2 Å². The largest absolute Gasteiger partial charge is 0.493 e. The van der Waals surface area contributed by atoms with E-state index in [2.05, 4.69) is 15.3 Å². The number of amides is 1. The summed E-state index contributed by atoms with van der Waals surface area (Å²) < 4.78 is 21.8. The first kappa shape index (κ1) is 19.1. The number of fused-ring (bicyclic) bond motifs is 1. The molecule has 150 valence electrons. The predicted octanol–water partition coefficient (Wildman–Crippen LogP) is 3.70. The van der Waals surface area contributed by atoms with Gasteiger partial charge in [0, 0.05) is 12.3 Å². The number of carbonyl (C=O) groups excluding carboxylic acids is 1. The van der Waals surface area contributed by atoms with Crippen molar-refractivity contribution in [1.82, 2.24) is 15.3 Å². The number of ether oxygens (including phenoxy) is 3. The van der Waals surface area contributed by atoms with Gasteiger partial charge in [0.25, 0.3) is 5.91 Å². The fraction of sp³-hybridized carbons (Fsp3) is 0.250. The van der Waals surface area contributed by atoms with Crippen LogP contribution in [-0.2, 0) is 0 Å². The Kier molecular flexibility index (Phi) is 5.30. The van der Waals surface area contributed by atoms with Gasteiger partial charge in [0.1, 0.15) is 5.52 Å². The number of thioether (sulfide) groups is 1. The van der Waals surface area contributed by atoms with E-state index in [4.69, 9.17) is 18.6 Å². The van der Waals surface area contributed by atoms with E-state index in [1.54, 1.807) is 30.6 Å². The molecule has 2 aromatic heterocycles. The van der Waals surface area contributed by atoms with E-state index in [0.29, 0.717) is 40.7 Å². The van der Waals surface area contributed by atoms with Crippen molar-refractivity contribution in [1.29, 1.82) is 0 Å². The lowest BCUT2D eigenvalue weighted by Crippen LogP contribution is -2.21. The van der Waals surface area contributed by atoms with Crippen LogP contribution >= 0.6 is 11.8 Å². The highest BCUT2D eigenvalue weighted by Crippen LogP contribution is 2.44. The molecule has 1 N–H and O–H groups in total. The first-order valence-corrected chi connectivity index (χ1v) is 9.70. The number of benzene rings is 1. The summed E-state index contributed by atoms with van der Waals surface area (Å²) in [6.07, 6.45) is 5.98. The van der Waals surface area contributed by atoms with Gasteiger partial charge in [0.2, 0.25) is 11.6 Å². The smallest absolute Gasteiger partial charge is 0.259 e. The van der Waals surface area contributed by atoms with Crippen molar-refractivity contribution in [2.24, 2.45) is 0 Å². The first-order chi connectivity index (χ1) is 14.1. The molecule has 0 fully saturated rings. The zero-order valence-electron chi connectivity index (χ0n) is 16.1. The second-order valence-corrected chi connectivity index (χ2v) is 7.39. The second-order valence-electron chi connectivity index (χ2n) is 6.14. The SMILES string of the molecule is COc1ccc(C(=O)NC2=CCC(c3nc4cnccc4o3)S2)c(OC)c1OC. The zero-order chi connectivity index (χ0) is 20.4. The van der Waals surface area contributed by atoms with E-state index >= 15 is 0 Å². The highest BCUT2D eigenvalue weighted by atomic mass is 32.2. The molecule has 0 radical (unpaired) electrons. The van der Waals surface area contributed by atoms with Crippen LogP contribution < -0.4 is 19.5 Å². The van der Waals surface area contributed by atoms with E-state index in [9.17, 15) is 4.79 Å². The molecular weight excluding hydrogens is 394 g/mol. The number of allylic oxidation sites excluding steroid dienone is 1. The number of methoxy groups -OCH3 is 3. The number of nitrogens with one attached hydrogen (secondary N) is 1. The van der Waals surface area contributed by atoms with Crippen molar-refractivity contribution in [3.8, 4) is 17.2 Å². The lowest BCUT2D eigenvalue weighted by atomic mass is 10.1. The van der Waals surface area contributed by atoms with Crippen molar-refractivity contribution in [2.75, 3.05) is 21.3 Å². The van der Waals surface area contributed by atoms with Gasteiger partial charge < -0.3 is 23.9 Å². The molecule has 0 bridgehead atoms. The summed E-state index contributed by atoms with van der Waals surface area (Å²) in [5.74, 6) is 1.48. The summed E-state index contributed by atoms with van der Waals surface area (Å²) in [6.45, 7) is 0. The molecule has 1 atom stereocenters. The van der Waals surface area contributed by atoms with Gasteiger partial charge in [-0.25, -0.2) is 4.98 Å². The number of nitrogens with zero attached hydrogens (tertiary/aromatic N) is 2. The average Bonchev–Trinajstić information content (AvgIpc) is 3.38. The molecule has 4 rings (SSSR count). The van der Waals surface area contributed by atoms with Crippen LogP contribution in [0.1, 0.15) is 27.9 Å². The fourth-order valence-electron chi connectivity index (χ4n) is 3.09. The normalized spacial score (nSPS) is 15.8. The number of oxazole rings is 1. The minimum atomic E-state index is -0.302. The molecule has 0 aliphatic carbocycles. The van der Waals surface area contributed by atoms with Gasteiger partial charge in [-0.05, 0) is 18.6 Å². The topological polar surface area (TPSA) is 95.7 Å². The molecule has 9 heteroatoms. The zero-order valence-corrected chi connectivity index (χ0v) is 16.9. The van der Waals surface area contributed by atoms with Crippen molar-refractivity contribution in [3.63, 3.8) is 0 Å². The molecule has 0 spiro atoms. The van der Waals surface area contributed by atoms with Gasteiger partial charge in [0.15, 0.2) is 17.1 Å². The molecule has 3 aromatic rings. The number of rotatable bonds is 6. The highest BCUT2D eigenvalue weighted by molar-refractivity contribution is 8.03. The van der Waals surface area contributed by atoms with Crippen LogP contribution in [0.4, 0.5) is 0 Å². The molecule has 0 saturated carbocycles. The Morgan fingerprint density at radius 1 is 1.17 bits per heavy atom. The summed E-state index contributed by atoms with van der Waals surface area (Å²) >= 11 is 1.49. The van der Waals surface area contributed by atoms with Gasteiger partial charge in [-0.3, -0.25) is 9.78 Å². The number of carbonyl (C=O) groups is 1. The summed E-state index contributed by atoms with van der Waals surface area (Å²) in [6, 6.07) is 5.09. The van der Waals surface area contributed by atoms with Crippen LogP contribution in [0.15, 0.2) is 46.1 Å². The lowest BCUT2D eigenvalue weighted by molar-refractivity contribution is 0.0965. The molecule has 29 heavy (non-hydrogen) atoms.